The van der Waals surface area contributed by atoms with Crippen LogP contribution in [0.2, 0.25) is 0 Å². The Balaban J connectivity index is 1.75. The number of nitrogens with one attached hydrogen (secondary N) is 1. The average molecular weight is 297 g/mol. The molecular formula is C16H15N3O3. The lowest BCUT2D eigenvalue weighted by Gasteiger charge is -2.28. The van der Waals surface area contributed by atoms with Crippen molar-refractivity contribution in [2.75, 3.05) is 23.4 Å². The van der Waals surface area contributed by atoms with Crippen molar-refractivity contribution in [2.45, 2.75) is 6.92 Å². The Bertz CT molecular complexity index is 730. The van der Waals surface area contributed by atoms with Gasteiger partial charge < -0.3 is 10.1 Å². The minimum atomic E-state index is -0.303. The van der Waals surface area contributed by atoms with E-state index in [-0.39, 0.29) is 25.0 Å². The van der Waals surface area contributed by atoms with Crippen molar-refractivity contribution in [3.8, 4) is 5.75 Å². The number of amides is 2. The van der Waals surface area contributed by atoms with E-state index in [0.29, 0.717) is 17.3 Å². The minimum absolute atomic E-state index is 0.0625. The number of aromatic nitrogens is 1. The van der Waals surface area contributed by atoms with Gasteiger partial charge in [0.15, 0.2) is 6.61 Å². The Morgan fingerprint density at radius 1 is 1.27 bits per heavy atom. The predicted molar refractivity (Wildman–Crippen MR) is 81.9 cm³/mol. The molecule has 2 amide bonds. The van der Waals surface area contributed by atoms with Crippen LogP contribution in [0.25, 0.3) is 0 Å². The number of ether oxygens (including phenoxy) is 1. The van der Waals surface area contributed by atoms with E-state index in [2.05, 4.69) is 10.3 Å². The summed E-state index contributed by atoms with van der Waals surface area (Å²) < 4.78 is 5.35. The molecule has 1 aromatic carbocycles. The first-order chi connectivity index (χ1) is 10.6. The minimum Gasteiger partial charge on any atom is -0.482 e. The number of benzene rings is 1. The highest BCUT2D eigenvalue weighted by atomic mass is 16.5. The summed E-state index contributed by atoms with van der Waals surface area (Å²) in [6, 6.07) is 12.5. The highest BCUT2D eigenvalue weighted by Crippen LogP contribution is 2.31. The molecule has 0 radical (unpaired) electrons. The van der Waals surface area contributed by atoms with E-state index >= 15 is 0 Å². The molecule has 0 saturated carbocycles. The van der Waals surface area contributed by atoms with Crippen LogP contribution in [0.1, 0.15) is 5.69 Å². The summed E-state index contributed by atoms with van der Waals surface area (Å²) >= 11 is 0. The molecular weight excluding hydrogens is 282 g/mol. The van der Waals surface area contributed by atoms with Gasteiger partial charge in [-0.1, -0.05) is 18.2 Å². The molecule has 112 valence electrons. The summed E-state index contributed by atoms with van der Waals surface area (Å²) in [4.78, 5) is 29.8. The van der Waals surface area contributed by atoms with Gasteiger partial charge in [0, 0.05) is 5.69 Å². The summed E-state index contributed by atoms with van der Waals surface area (Å²) in [6.07, 6.45) is 0. The largest absolute Gasteiger partial charge is 0.482 e. The Hall–Kier alpha value is -2.89. The maximum absolute atomic E-state index is 12.2. The predicted octanol–water partition coefficient (Wildman–Crippen LogP) is 1.75. The first kappa shape index (κ1) is 14.1. The average Bonchev–Trinajstić information content (AvgIpc) is 2.50. The van der Waals surface area contributed by atoms with Crippen LogP contribution in [0.5, 0.6) is 5.75 Å². The van der Waals surface area contributed by atoms with E-state index in [1.165, 1.54) is 4.90 Å². The molecule has 2 heterocycles. The van der Waals surface area contributed by atoms with E-state index in [0.717, 1.165) is 5.69 Å². The summed E-state index contributed by atoms with van der Waals surface area (Å²) in [7, 11) is 0. The van der Waals surface area contributed by atoms with Crippen LogP contribution in [0, 0.1) is 6.92 Å². The van der Waals surface area contributed by atoms with Crippen LogP contribution in [-0.2, 0) is 9.59 Å². The Morgan fingerprint density at radius 3 is 2.91 bits per heavy atom. The van der Waals surface area contributed by atoms with Crippen LogP contribution in [0.15, 0.2) is 42.5 Å². The number of aryl methyl sites for hydroxylation is 1. The van der Waals surface area contributed by atoms with Crippen molar-refractivity contribution >= 4 is 23.3 Å². The fraction of sp³-hybridized carbons (Fsp3) is 0.188. The maximum Gasteiger partial charge on any atom is 0.265 e. The van der Waals surface area contributed by atoms with Gasteiger partial charge in [-0.3, -0.25) is 14.5 Å². The number of rotatable bonds is 3. The highest BCUT2D eigenvalue weighted by molar-refractivity contribution is 6.04. The lowest BCUT2D eigenvalue weighted by atomic mass is 10.2. The highest BCUT2D eigenvalue weighted by Gasteiger charge is 2.26. The third-order valence-electron chi connectivity index (χ3n) is 3.27. The fourth-order valence-electron chi connectivity index (χ4n) is 2.27. The molecule has 0 fully saturated rings. The van der Waals surface area contributed by atoms with Crippen LogP contribution in [0.3, 0.4) is 0 Å². The number of carbonyl (C=O) groups excluding carboxylic acids is 2. The van der Waals surface area contributed by atoms with Crippen LogP contribution in [-0.4, -0.2) is 29.9 Å². The molecule has 0 unspecified atom stereocenters. The molecule has 1 aromatic heterocycles. The van der Waals surface area contributed by atoms with E-state index < -0.39 is 0 Å². The molecule has 1 aliphatic rings. The van der Waals surface area contributed by atoms with Crippen LogP contribution >= 0.6 is 0 Å². The topological polar surface area (TPSA) is 71.5 Å². The van der Waals surface area contributed by atoms with Gasteiger partial charge in [-0.2, -0.15) is 0 Å². The third-order valence-corrected chi connectivity index (χ3v) is 3.27. The van der Waals surface area contributed by atoms with Gasteiger partial charge in [0.25, 0.3) is 5.91 Å². The number of hydrogen-bond acceptors (Lipinski definition) is 4. The quantitative estimate of drug-likeness (QED) is 0.937. The standard InChI is InChI=1S/C16H15N3O3/c1-11-5-4-8-14(17-11)18-15(20)9-19-12-6-2-3-7-13(12)22-10-16(19)21/h2-8H,9-10H2,1H3,(H,17,18,20). The number of para-hydroxylation sites is 2. The molecule has 3 rings (SSSR count). The zero-order chi connectivity index (χ0) is 15.5. The molecule has 6 nitrogen and oxygen atoms in total. The van der Waals surface area contributed by atoms with Gasteiger partial charge in [0.05, 0.1) is 5.69 Å². The van der Waals surface area contributed by atoms with Gasteiger partial charge >= 0.3 is 0 Å². The number of carbonyl (C=O) groups is 2. The second kappa shape index (κ2) is 5.85. The number of hydrogen-bond donors (Lipinski definition) is 1. The molecule has 1 aliphatic heterocycles. The van der Waals surface area contributed by atoms with Gasteiger partial charge in [0.1, 0.15) is 18.1 Å². The van der Waals surface area contributed by atoms with Crippen LogP contribution < -0.4 is 15.0 Å². The first-order valence-electron chi connectivity index (χ1n) is 6.89. The number of anilines is 2. The molecule has 0 atom stereocenters. The smallest absolute Gasteiger partial charge is 0.265 e. The van der Waals surface area contributed by atoms with Crippen molar-refractivity contribution in [3.63, 3.8) is 0 Å². The summed E-state index contributed by atoms with van der Waals surface area (Å²) in [5, 5.41) is 2.70. The summed E-state index contributed by atoms with van der Waals surface area (Å²) in [5.41, 5.74) is 1.41. The van der Waals surface area contributed by atoms with Crippen molar-refractivity contribution < 1.29 is 14.3 Å². The fourth-order valence-corrected chi connectivity index (χ4v) is 2.27. The van der Waals surface area contributed by atoms with E-state index in [9.17, 15) is 9.59 Å². The lowest BCUT2D eigenvalue weighted by molar-refractivity contribution is -0.123. The van der Waals surface area contributed by atoms with E-state index in [1.807, 2.05) is 25.1 Å². The first-order valence-corrected chi connectivity index (χ1v) is 6.89. The number of nitrogens with zero attached hydrogens (tertiary/aromatic N) is 2. The summed E-state index contributed by atoms with van der Waals surface area (Å²) in [5.74, 6) is 0.525. The second-order valence-electron chi connectivity index (χ2n) is 4.95. The van der Waals surface area contributed by atoms with Gasteiger partial charge in [0.2, 0.25) is 5.91 Å². The third kappa shape index (κ3) is 2.90. The number of pyridine rings is 1. The van der Waals surface area contributed by atoms with Gasteiger partial charge in [-0.25, -0.2) is 4.98 Å². The Labute approximate surface area is 127 Å². The normalized spacial score (nSPS) is 13.3. The maximum atomic E-state index is 12.2. The zero-order valence-electron chi connectivity index (χ0n) is 12.1. The van der Waals surface area contributed by atoms with E-state index in [1.54, 1.807) is 24.3 Å². The lowest BCUT2D eigenvalue weighted by Crippen LogP contribution is -2.43. The van der Waals surface area contributed by atoms with Gasteiger partial charge in [-0.15, -0.1) is 0 Å². The molecule has 22 heavy (non-hydrogen) atoms. The monoisotopic (exact) mass is 297 g/mol. The van der Waals surface area contributed by atoms with Crippen molar-refractivity contribution in [2.24, 2.45) is 0 Å². The van der Waals surface area contributed by atoms with E-state index in [4.69, 9.17) is 4.74 Å². The summed E-state index contributed by atoms with van der Waals surface area (Å²) in [6.45, 7) is 1.71. The Kier molecular flexibility index (Phi) is 3.74. The molecule has 0 saturated heterocycles. The molecule has 0 spiro atoms. The van der Waals surface area contributed by atoms with Crippen molar-refractivity contribution in [3.05, 3.63) is 48.2 Å². The zero-order valence-corrected chi connectivity index (χ0v) is 12.1. The van der Waals surface area contributed by atoms with Crippen molar-refractivity contribution in [1.29, 1.82) is 0 Å². The molecule has 6 heteroatoms. The second-order valence-corrected chi connectivity index (χ2v) is 4.95. The Morgan fingerprint density at radius 2 is 2.09 bits per heavy atom. The number of fused-ring (bicyclic) bond motifs is 1. The van der Waals surface area contributed by atoms with Crippen molar-refractivity contribution in [1.82, 2.24) is 4.98 Å². The molecule has 2 aromatic rings. The molecule has 0 bridgehead atoms. The van der Waals surface area contributed by atoms with Crippen LogP contribution in [0.4, 0.5) is 11.5 Å². The SMILES string of the molecule is Cc1cccc(NC(=O)CN2C(=O)COc3ccccc32)n1. The molecule has 0 aliphatic carbocycles. The van der Waals surface area contributed by atoms with Gasteiger partial charge in [-0.05, 0) is 31.2 Å². The molecule has 1 N–H and O–H groups in total.